The Balaban J connectivity index is 2.72. The van der Waals surface area contributed by atoms with Crippen LogP contribution in [0.1, 0.15) is 18.4 Å². The molecule has 17 heavy (non-hydrogen) atoms. The first-order valence-electron chi connectivity index (χ1n) is 5.43. The molecular formula is C11H17FN2O2S. The van der Waals surface area contributed by atoms with Gasteiger partial charge in [0, 0.05) is 6.54 Å². The topological polar surface area (TPSA) is 72.2 Å². The first kappa shape index (κ1) is 14.1. The van der Waals surface area contributed by atoms with Crippen LogP contribution in [0.25, 0.3) is 0 Å². The quantitative estimate of drug-likeness (QED) is 0.754. The molecule has 4 nitrogen and oxygen atoms in total. The molecule has 0 aliphatic heterocycles. The molecule has 0 unspecified atom stereocenters. The Labute approximate surface area is 101 Å². The van der Waals surface area contributed by atoms with Gasteiger partial charge >= 0.3 is 0 Å². The summed E-state index contributed by atoms with van der Waals surface area (Å²) in [6.07, 6.45) is 1.46. The number of hydrogen-bond acceptors (Lipinski definition) is 3. The predicted octanol–water partition coefficient (Wildman–Crippen LogP) is 1.15. The number of aryl methyl sites for hydroxylation is 1. The lowest BCUT2D eigenvalue weighted by Crippen LogP contribution is -2.25. The van der Waals surface area contributed by atoms with E-state index >= 15 is 0 Å². The van der Waals surface area contributed by atoms with Gasteiger partial charge in [-0.25, -0.2) is 17.5 Å². The molecule has 1 rings (SSSR count). The molecule has 0 saturated carbocycles. The number of unbranched alkanes of at least 4 members (excludes halogenated alkanes) is 1. The Kier molecular flexibility index (Phi) is 5.04. The van der Waals surface area contributed by atoms with Gasteiger partial charge in [0.2, 0.25) is 10.0 Å². The van der Waals surface area contributed by atoms with Crippen LogP contribution in [0.3, 0.4) is 0 Å². The van der Waals surface area contributed by atoms with Crippen LogP contribution in [0.15, 0.2) is 23.1 Å². The Morgan fingerprint density at radius 2 is 2.06 bits per heavy atom. The minimum absolute atomic E-state index is 0.0872. The highest BCUT2D eigenvalue weighted by atomic mass is 32.2. The number of sulfonamides is 1. The summed E-state index contributed by atoms with van der Waals surface area (Å²) in [5.41, 5.74) is 5.62. The molecule has 0 aliphatic rings. The minimum atomic E-state index is -3.54. The minimum Gasteiger partial charge on any atom is -0.330 e. The third-order valence-electron chi connectivity index (χ3n) is 2.36. The summed E-state index contributed by atoms with van der Waals surface area (Å²) in [4.78, 5) is 0.0872. The summed E-state index contributed by atoms with van der Waals surface area (Å²) < 4.78 is 39.0. The maximum absolute atomic E-state index is 13.0. The van der Waals surface area contributed by atoms with Gasteiger partial charge in [-0.3, -0.25) is 0 Å². The van der Waals surface area contributed by atoms with Crippen LogP contribution in [0.5, 0.6) is 0 Å². The number of benzene rings is 1. The zero-order valence-electron chi connectivity index (χ0n) is 9.74. The molecule has 1 aromatic carbocycles. The third kappa shape index (κ3) is 4.07. The van der Waals surface area contributed by atoms with Crippen LogP contribution in [0.4, 0.5) is 4.39 Å². The molecule has 0 aliphatic carbocycles. The number of nitrogens with one attached hydrogen (secondary N) is 1. The van der Waals surface area contributed by atoms with Crippen molar-refractivity contribution in [2.75, 3.05) is 13.1 Å². The molecule has 0 amide bonds. The average molecular weight is 260 g/mol. The maximum atomic E-state index is 13.0. The zero-order chi connectivity index (χ0) is 12.9. The summed E-state index contributed by atoms with van der Waals surface area (Å²) >= 11 is 0. The van der Waals surface area contributed by atoms with E-state index in [0.717, 1.165) is 12.5 Å². The molecule has 1 aromatic rings. The van der Waals surface area contributed by atoms with Gasteiger partial charge in [0.1, 0.15) is 5.82 Å². The number of nitrogens with two attached hydrogens (primary N) is 1. The number of hydrogen-bond donors (Lipinski definition) is 2. The fraction of sp³-hybridized carbons (Fsp3) is 0.455. The highest BCUT2D eigenvalue weighted by Gasteiger charge is 2.14. The van der Waals surface area contributed by atoms with Crippen LogP contribution < -0.4 is 10.5 Å². The molecule has 0 radical (unpaired) electrons. The monoisotopic (exact) mass is 260 g/mol. The molecule has 6 heteroatoms. The van der Waals surface area contributed by atoms with Crippen molar-refractivity contribution in [3.05, 3.63) is 29.6 Å². The van der Waals surface area contributed by atoms with Crippen LogP contribution in [0.2, 0.25) is 0 Å². The first-order valence-corrected chi connectivity index (χ1v) is 6.91. The van der Waals surface area contributed by atoms with E-state index in [1.54, 1.807) is 0 Å². The predicted molar refractivity (Wildman–Crippen MR) is 64.6 cm³/mol. The molecule has 3 N–H and O–H groups in total. The third-order valence-corrected chi connectivity index (χ3v) is 3.82. The summed E-state index contributed by atoms with van der Waals surface area (Å²) in [5, 5.41) is 0. The normalized spacial score (nSPS) is 11.7. The van der Waals surface area contributed by atoms with Crippen molar-refractivity contribution in [2.24, 2.45) is 5.73 Å². The van der Waals surface area contributed by atoms with Crippen LogP contribution >= 0.6 is 0 Å². The lowest BCUT2D eigenvalue weighted by Gasteiger charge is -2.07. The molecular weight excluding hydrogens is 243 g/mol. The van der Waals surface area contributed by atoms with Gasteiger partial charge in [0.15, 0.2) is 0 Å². The van der Waals surface area contributed by atoms with E-state index in [4.69, 9.17) is 5.73 Å². The molecule has 0 heterocycles. The standard InChI is InChI=1S/C11H17FN2O2S/c1-9-8-10(4-5-11(9)12)17(15,16)14-7-3-2-6-13/h4-5,8,14H,2-3,6-7,13H2,1H3. The second-order valence-corrected chi connectivity index (χ2v) is 5.57. The molecule has 0 spiro atoms. The Hall–Kier alpha value is -0.980. The van der Waals surface area contributed by atoms with Gasteiger partial charge < -0.3 is 5.73 Å². The maximum Gasteiger partial charge on any atom is 0.240 e. The van der Waals surface area contributed by atoms with E-state index in [-0.39, 0.29) is 4.90 Å². The van der Waals surface area contributed by atoms with E-state index in [1.807, 2.05) is 0 Å². The Morgan fingerprint density at radius 3 is 2.65 bits per heavy atom. The SMILES string of the molecule is Cc1cc(S(=O)(=O)NCCCCN)ccc1F. The average Bonchev–Trinajstić information content (AvgIpc) is 2.28. The number of halogens is 1. The van der Waals surface area contributed by atoms with E-state index in [0.29, 0.717) is 25.1 Å². The summed E-state index contributed by atoms with van der Waals surface area (Å²) in [7, 11) is -3.54. The molecule has 0 fully saturated rings. The number of rotatable bonds is 6. The van der Waals surface area contributed by atoms with Crippen molar-refractivity contribution in [3.8, 4) is 0 Å². The van der Waals surface area contributed by atoms with Gasteiger partial charge in [0.25, 0.3) is 0 Å². The van der Waals surface area contributed by atoms with E-state index in [2.05, 4.69) is 4.72 Å². The van der Waals surface area contributed by atoms with Crippen molar-refractivity contribution in [1.82, 2.24) is 4.72 Å². The van der Waals surface area contributed by atoms with Gasteiger partial charge in [-0.05, 0) is 50.1 Å². The first-order chi connectivity index (χ1) is 7.97. The van der Waals surface area contributed by atoms with Gasteiger partial charge in [-0.15, -0.1) is 0 Å². The van der Waals surface area contributed by atoms with Crippen molar-refractivity contribution in [3.63, 3.8) is 0 Å². The van der Waals surface area contributed by atoms with Gasteiger partial charge in [0.05, 0.1) is 4.90 Å². The van der Waals surface area contributed by atoms with Crippen molar-refractivity contribution in [1.29, 1.82) is 0 Å². The largest absolute Gasteiger partial charge is 0.330 e. The summed E-state index contributed by atoms with van der Waals surface area (Å²) in [5.74, 6) is -0.410. The fourth-order valence-electron chi connectivity index (χ4n) is 1.34. The lowest BCUT2D eigenvalue weighted by molar-refractivity contribution is 0.575. The second-order valence-electron chi connectivity index (χ2n) is 3.80. The van der Waals surface area contributed by atoms with Crippen molar-refractivity contribution in [2.45, 2.75) is 24.7 Å². The van der Waals surface area contributed by atoms with Crippen LogP contribution in [-0.4, -0.2) is 21.5 Å². The highest BCUT2D eigenvalue weighted by molar-refractivity contribution is 7.89. The van der Waals surface area contributed by atoms with Crippen molar-refractivity contribution < 1.29 is 12.8 Å². The Morgan fingerprint density at radius 1 is 1.35 bits per heavy atom. The zero-order valence-corrected chi connectivity index (χ0v) is 10.6. The molecule has 0 saturated heterocycles. The van der Waals surface area contributed by atoms with Gasteiger partial charge in [-0.1, -0.05) is 0 Å². The highest BCUT2D eigenvalue weighted by Crippen LogP contribution is 2.13. The summed E-state index contributed by atoms with van der Waals surface area (Å²) in [6.45, 7) is 2.41. The van der Waals surface area contributed by atoms with E-state index < -0.39 is 15.8 Å². The van der Waals surface area contributed by atoms with Gasteiger partial charge in [-0.2, -0.15) is 0 Å². The fourth-order valence-corrected chi connectivity index (χ4v) is 2.50. The van der Waals surface area contributed by atoms with E-state index in [1.165, 1.54) is 19.1 Å². The molecule has 0 bridgehead atoms. The van der Waals surface area contributed by atoms with E-state index in [9.17, 15) is 12.8 Å². The van der Waals surface area contributed by atoms with Crippen LogP contribution in [-0.2, 0) is 10.0 Å². The van der Waals surface area contributed by atoms with Crippen molar-refractivity contribution >= 4 is 10.0 Å². The molecule has 96 valence electrons. The molecule has 0 aromatic heterocycles. The smallest absolute Gasteiger partial charge is 0.240 e. The Bertz CT molecular complexity index is 474. The molecule has 0 atom stereocenters. The van der Waals surface area contributed by atoms with Crippen LogP contribution in [0, 0.1) is 12.7 Å². The lowest BCUT2D eigenvalue weighted by atomic mass is 10.2. The second kappa shape index (κ2) is 6.09. The summed E-state index contributed by atoms with van der Waals surface area (Å²) in [6, 6.07) is 3.73.